The highest BCUT2D eigenvalue weighted by atomic mass is 32.1. The van der Waals surface area contributed by atoms with Crippen molar-refractivity contribution in [3.05, 3.63) is 53.6 Å². The summed E-state index contributed by atoms with van der Waals surface area (Å²) in [4.78, 5) is 12.3. The molecule has 1 atom stereocenters. The van der Waals surface area contributed by atoms with Crippen molar-refractivity contribution in [1.82, 2.24) is 14.1 Å². The van der Waals surface area contributed by atoms with Crippen LogP contribution in [-0.2, 0) is 6.42 Å². The molecule has 0 aliphatic heterocycles. The lowest BCUT2D eigenvalue weighted by Crippen LogP contribution is -2.42. The molecule has 1 amide bonds. The average molecular weight is 357 g/mol. The van der Waals surface area contributed by atoms with Crippen LogP contribution in [0.5, 0.6) is 5.75 Å². The predicted octanol–water partition coefficient (Wildman–Crippen LogP) is 2.42. The number of carbonyl (C=O) groups excluding carboxylic acids is 1. The second-order valence-electron chi connectivity index (χ2n) is 6.17. The van der Waals surface area contributed by atoms with Crippen LogP contribution in [0.3, 0.4) is 0 Å². The van der Waals surface area contributed by atoms with E-state index in [1.807, 2.05) is 24.3 Å². The van der Waals surface area contributed by atoms with Gasteiger partial charge in [-0.1, -0.05) is 12.1 Å². The molecular formula is C18H19N3O3S. The van der Waals surface area contributed by atoms with E-state index in [9.17, 15) is 9.90 Å². The minimum atomic E-state index is -1.06. The Bertz CT molecular complexity index is 875. The van der Waals surface area contributed by atoms with Crippen molar-refractivity contribution in [1.29, 1.82) is 0 Å². The number of nitrogens with one attached hydrogen (secondary N) is 1. The summed E-state index contributed by atoms with van der Waals surface area (Å²) in [7, 11) is 1.61. The molecule has 3 rings (SSSR count). The molecule has 1 aromatic heterocycles. The first-order valence-electron chi connectivity index (χ1n) is 7.83. The summed E-state index contributed by atoms with van der Waals surface area (Å²) in [6, 6.07) is 12.7. The van der Waals surface area contributed by atoms with Gasteiger partial charge in [0.2, 0.25) is 0 Å². The van der Waals surface area contributed by atoms with Gasteiger partial charge >= 0.3 is 0 Å². The van der Waals surface area contributed by atoms with E-state index in [1.165, 1.54) is 0 Å². The van der Waals surface area contributed by atoms with Gasteiger partial charge in [-0.15, -0.1) is 0 Å². The Labute approximate surface area is 149 Å². The highest BCUT2D eigenvalue weighted by molar-refractivity contribution is 7.00. The van der Waals surface area contributed by atoms with Gasteiger partial charge in [-0.2, -0.15) is 8.75 Å². The number of rotatable bonds is 6. The van der Waals surface area contributed by atoms with E-state index in [0.29, 0.717) is 17.5 Å². The Morgan fingerprint density at radius 1 is 1.20 bits per heavy atom. The number of hydrogen-bond acceptors (Lipinski definition) is 6. The van der Waals surface area contributed by atoms with Crippen molar-refractivity contribution in [3.8, 4) is 5.75 Å². The number of aromatic nitrogens is 2. The molecule has 0 aliphatic carbocycles. The second-order valence-corrected chi connectivity index (χ2v) is 6.70. The minimum Gasteiger partial charge on any atom is -0.497 e. The average Bonchev–Trinajstić information content (AvgIpc) is 3.08. The summed E-state index contributed by atoms with van der Waals surface area (Å²) in [6.45, 7) is 1.84. The largest absolute Gasteiger partial charge is 0.497 e. The maximum absolute atomic E-state index is 12.3. The van der Waals surface area contributed by atoms with E-state index in [-0.39, 0.29) is 12.5 Å². The zero-order valence-corrected chi connectivity index (χ0v) is 14.8. The number of benzene rings is 2. The second kappa shape index (κ2) is 7.16. The van der Waals surface area contributed by atoms with Crippen molar-refractivity contribution in [2.45, 2.75) is 18.9 Å². The van der Waals surface area contributed by atoms with Crippen molar-refractivity contribution in [2.75, 3.05) is 13.7 Å². The highest BCUT2D eigenvalue weighted by Crippen LogP contribution is 2.17. The fraction of sp³-hybridized carbons (Fsp3) is 0.278. The van der Waals surface area contributed by atoms with Crippen molar-refractivity contribution in [3.63, 3.8) is 0 Å². The zero-order valence-electron chi connectivity index (χ0n) is 14.0. The van der Waals surface area contributed by atoms with Crippen LogP contribution in [0.2, 0.25) is 0 Å². The maximum atomic E-state index is 12.3. The Balaban J connectivity index is 1.61. The van der Waals surface area contributed by atoms with Gasteiger partial charge in [0.05, 0.1) is 24.4 Å². The standard InChI is InChI=1S/C18H19N3O3S/c1-18(23,10-12-3-6-14(24-2)7-4-12)11-19-17(22)13-5-8-15-16(9-13)21-25-20-15/h3-9,23H,10-11H2,1-2H3,(H,19,22)/t18-/m0/s1. The van der Waals surface area contributed by atoms with Crippen LogP contribution in [0.15, 0.2) is 42.5 Å². The van der Waals surface area contributed by atoms with Crippen LogP contribution < -0.4 is 10.1 Å². The van der Waals surface area contributed by atoms with Gasteiger partial charge in [0.1, 0.15) is 16.8 Å². The summed E-state index contributed by atoms with van der Waals surface area (Å²) < 4.78 is 13.4. The summed E-state index contributed by atoms with van der Waals surface area (Å²) in [5.74, 6) is 0.522. The fourth-order valence-electron chi connectivity index (χ4n) is 2.54. The molecule has 7 heteroatoms. The van der Waals surface area contributed by atoms with Gasteiger partial charge in [-0.3, -0.25) is 4.79 Å². The minimum absolute atomic E-state index is 0.144. The van der Waals surface area contributed by atoms with E-state index in [1.54, 1.807) is 32.2 Å². The number of amides is 1. The molecule has 1 heterocycles. The van der Waals surface area contributed by atoms with Crippen LogP contribution in [0.25, 0.3) is 11.0 Å². The first-order valence-corrected chi connectivity index (χ1v) is 8.56. The topological polar surface area (TPSA) is 84.3 Å². The molecule has 0 spiro atoms. The molecule has 0 unspecified atom stereocenters. The molecule has 25 heavy (non-hydrogen) atoms. The Kier molecular flexibility index (Phi) is 4.96. The Morgan fingerprint density at radius 2 is 1.92 bits per heavy atom. The molecule has 0 saturated heterocycles. The van der Waals surface area contributed by atoms with E-state index in [2.05, 4.69) is 14.1 Å². The first-order chi connectivity index (χ1) is 12.0. The smallest absolute Gasteiger partial charge is 0.251 e. The number of ether oxygens (including phenoxy) is 1. The molecule has 0 radical (unpaired) electrons. The Hall–Kier alpha value is -2.51. The number of methoxy groups -OCH3 is 1. The number of nitrogens with zero attached hydrogens (tertiary/aromatic N) is 2. The SMILES string of the molecule is COc1ccc(C[C@](C)(O)CNC(=O)c2ccc3nsnc3c2)cc1. The van der Waals surface area contributed by atoms with Gasteiger partial charge in [0.25, 0.3) is 5.91 Å². The molecule has 0 saturated carbocycles. The van der Waals surface area contributed by atoms with E-state index >= 15 is 0 Å². The van der Waals surface area contributed by atoms with Crippen molar-refractivity contribution in [2.24, 2.45) is 0 Å². The van der Waals surface area contributed by atoms with Gasteiger partial charge < -0.3 is 15.2 Å². The summed E-state index contributed by atoms with van der Waals surface area (Å²) in [5.41, 5.74) is 1.88. The highest BCUT2D eigenvalue weighted by Gasteiger charge is 2.22. The zero-order chi connectivity index (χ0) is 17.9. The van der Waals surface area contributed by atoms with Crippen LogP contribution in [0.4, 0.5) is 0 Å². The molecular weight excluding hydrogens is 338 g/mol. The van der Waals surface area contributed by atoms with Crippen LogP contribution in [-0.4, -0.2) is 39.0 Å². The lowest BCUT2D eigenvalue weighted by Gasteiger charge is -2.24. The number of fused-ring (bicyclic) bond motifs is 1. The molecule has 0 aliphatic rings. The lowest BCUT2D eigenvalue weighted by molar-refractivity contribution is 0.0552. The fourth-order valence-corrected chi connectivity index (χ4v) is 3.06. The third-order valence-electron chi connectivity index (χ3n) is 3.89. The van der Waals surface area contributed by atoms with Crippen molar-refractivity contribution >= 4 is 28.7 Å². The van der Waals surface area contributed by atoms with Gasteiger partial charge in [-0.25, -0.2) is 0 Å². The van der Waals surface area contributed by atoms with Gasteiger partial charge in [0, 0.05) is 18.5 Å². The normalized spacial score (nSPS) is 13.4. The molecule has 2 N–H and O–H groups in total. The Morgan fingerprint density at radius 3 is 2.64 bits per heavy atom. The van der Waals surface area contributed by atoms with Gasteiger partial charge in [-0.05, 0) is 42.8 Å². The van der Waals surface area contributed by atoms with E-state index in [4.69, 9.17) is 4.74 Å². The first kappa shape index (κ1) is 17.3. The summed E-state index contributed by atoms with van der Waals surface area (Å²) in [6.07, 6.45) is 0.423. The molecule has 0 bridgehead atoms. The lowest BCUT2D eigenvalue weighted by atomic mass is 9.96. The van der Waals surface area contributed by atoms with E-state index in [0.717, 1.165) is 28.6 Å². The maximum Gasteiger partial charge on any atom is 0.251 e. The number of carbonyl (C=O) groups is 1. The third kappa shape index (κ3) is 4.32. The number of hydrogen-bond donors (Lipinski definition) is 2. The summed E-state index contributed by atoms with van der Waals surface area (Å²) >= 11 is 1.11. The molecule has 3 aromatic rings. The van der Waals surface area contributed by atoms with Crippen LogP contribution in [0.1, 0.15) is 22.8 Å². The van der Waals surface area contributed by atoms with Gasteiger partial charge in [0.15, 0.2) is 0 Å². The third-order valence-corrected chi connectivity index (χ3v) is 4.45. The monoisotopic (exact) mass is 357 g/mol. The molecule has 2 aromatic carbocycles. The molecule has 130 valence electrons. The van der Waals surface area contributed by atoms with Crippen LogP contribution in [0, 0.1) is 0 Å². The number of aliphatic hydroxyl groups is 1. The quantitative estimate of drug-likeness (QED) is 0.708. The molecule has 0 fully saturated rings. The summed E-state index contributed by atoms with van der Waals surface area (Å²) in [5, 5.41) is 13.3. The van der Waals surface area contributed by atoms with Crippen molar-refractivity contribution < 1.29 is 14.6 Å². The molecule has 6 nitrogen and oxygen atoms in total. The van der Waals surface area contributed by atoms with Crippen LogP contribution >= 0.6 is 11.7 Å². The predicted molar refractivity (Wildman–Crippen MR) is 97.1 cm³/mol. The van der Waals surface area contributed by atoms with E-state index < -0.39 is 5.60 Å².